The monoisotopic (exact) mass is 1270 g/mol. The first-order chi connectivity index (χ1) is 40.2. The van der Waals surface area contributed by atoms with Gasteiger partial charge >= 0.3 is 36.4 Å². The zero-order valence-corrected chi connectivity index (χ0v) is 44.5. The molecule has 0 spiro atoms. The molecule has 3 heterocycles. The van der Waals surface area contributed by atoms with Gasteiger partial charge in [0, 0.05) is 34.0 Å². The van der Waals surface area contributed by atoms with Crippen molar-refractivity contribution in [2.75, 3.05) is 6.54 Å². The van der Waals surface area contributed by atoms with E-state index in [9.17, 15) is 90.9 Å². The van der Waals surface area contributed by atoms with Gasteiger partial charge in [-0.1, -0.05) is 35.3 Å². The normalized spacial score (nSPS) is 17.4. The number of hydrogen-bond acceptors (Lipinski definition) is 12. The molecule has 0 radical (unpaired) electrons. The number of amidine groups is 1. The summed E-state index contributed by atoms with van der Waals surface area (Å²) in [5, 5.41) is 46.6. The number of urea groups is 1. The Morgan fingerprint density at radius 3 is 1.57 bits per heavy atom. The van der Waals surface area contributed by atoms with Crippen LogP contribution in [0.25, 0.3) is 22.8 Å². The zero-order chi connectivity index (χ0) is 63.0. The summed E-state index contributed by atoms with van der Waals surface area (Å²) in [7, 11) is 0. The van der Waals surface area contributed by atoms with Gasteiger partial charge in [-0.15, -0.1) is 15.3 Å². The van der Waals surface area contributed by atoms with Gasteiger partial charge < -0.3 is 26.2 Å². The molecule has 2 aliphatic rings. The standard InChI is InChI=1S/C25H19ClF7N7O3.C25H21ClF7N7O3/c26-13-6-4-12(5-7-13)21-37-39(23(43)38(21)9-18(41)25(31,32)33)10-19-34-11-40(36-19)20-14(22(42)35-17-8-16(17)27)2-1-3-15(20)24(28,29)30;26-13-6-4-12(5-7-13)21(34)39(10-18(41)25(31,32)33)23(43)35-9-19-36-11-40(38-19)20-14(22(42)37-17-8-16(17)27)2-1-3-15(20)24(28,29)30/h1-7,11,16-18,41H,8-10H2,(H,35,42);1-7,11,16-18,34,41H,8-10H2,(H,35,43)(H,37,42)/t16-,17+,18-;16-,17+,18+/m01/s1. The molecule has 6 atom stereocenters. The lowest BCUT2D eigenvalue weighted by molar-refractivity contribution is -0.207. The first-order valence-corrected chi connectivity index (χ1v) is 25.4. The lowest BCUT2D eigenvalue weighted by atomic mass is 10.1. The summed E-state index contributed by atoms with van der Waals surface area (Å²) < 4.78 is 191. The number of aliphatic hydroxyl groups is 2. The largest absolute Gasteiger partial charge is 0.418 e. The molecule has 2 saturated carbocycles. The van der Waals surface area contributed by atoms with Crippen molar-refractivity contribution in [3.8, 4) is 22.8 Å². The summed E-state index contributed by atoms with van der Waals surface area (Å²) >= 11 is 11.7. The van der Waals surface area contributed by atoms with Crippen LogP contribution >= 0.6 is 23.2 Å². The number of halogens is 16. The van der Waals surface area contributed by atoms with Crippen molar-refractivity contribution >= 4 is 46.9 Å². The van der Waals surface area contributed by atoms with Gasteiger partial charge in [-0.25, -0.2) is 42.4 Å². The second kappa shape index (κ2) is 24.8. The molecular formula is C50H40Cl2F14N14O6. The Hall–Kier alpha value is -8.50. The summed E-state index contributed by atoms with van der Waals surface area (Å²) in [5.41, 5.74) is -5.87. The Labute approximate surface area is 482 Å². The van der Waals surface area contributed by atoms with Gasteiger partial charge in [-0.3, -0.25) is 24.5 Å². The predicted molar refractivity (Wildman–Crippen MR) is 272 cm³/mol. The van der Waals surface area contributed by atoms with Gasteiger partial charge in [0.05, 0.1) is 65.3 Å². The number of aromatic nitrogens is 9. The van der Waals surface area contributed by atoms with Crippen molar-refractivity contribution in [2.45, 2.75) is 93.8 Å². The molecule has 86 heavy (non-hydrogen) atoms. The topological polar surface area (TPSA) is 256 Å². The first-order valence-electron chi connectivity index (χ1n) is 24.6. The van der Waals surface area contributed by atoms with E-state index in [0.29, 0.717) is 35.6 Å². The molecule has 3 aromatic heterocycles. The van der Waals surface area contributed by atoms with Gasteiger partial charge in [0.1, 0.15) is 37.4 Å². The van der Waals surface area contributed by atoms with E-state index in [1.54, 1.807) is 0 Å². The molecule has 458 valence electrons. The molecular weight excluding hydrogens is 1230 g/mol. The van der Waals surface area contributed by atoms with Crippen LogP contribution in [0.4, 0.5) is 66.3 Å². The summed E-state index contributed by atoms with van der Waals surface area (Å²) in [6, 6.07) is 13.3. The highest BCUT2D eigenvalue weighted by atomic mass is 35.5. The van der Waals surface area contributed by atoms with Gasteiger partial charge in [0.15, 0.2) is 29.7 Å². The van der Waals surface area contributed by atoms with Gasteiger partial charge in [0.25, 0.3) is 11.8 Å². The molecule has 6 N–H and O–H groups in total. The molecule has 0 unspecified atom stereocenters. The van der Waals surface area contributed by atoms with E-state index in [0.717, 1.165) is 36.9 Å². The van der Waals surface area contributed by atoms with Crippen LogP contribution in [0.1, 0.15) is 61.9 Å². The number of alkyl halides is 14. The maximum absolute atomic E-state index is 13.9. The number of hydrogen-bond donors (Lipinski definition) is 6. The van der Waals surface area contributed by atoms with Crippen LogP contribution in [0.2, 0.25) is 10.0 Å². The summed E-state index contributed by atoms with van der Waals surface area (Å²) in [6.45, 7) is -3.82. The summed E-state index contributed by atoms with van der Waals surface area (Å²) in [4.78, 5) is 59.4. The number of aliphatic hydroxyl groups excluding tert-OH is 2. The van der Waals surface area contributed by atoms with Crippen molar-refractivity contribution in [1.82, 2.24) is 64.7 Å². The van der Waals surface area contributed by atoms with Crippen molar-refractivity contribution in [2.24, 2.45) is 0 Å². The van der Waals surface area contributed by atoms with Crippen molar-refractivity contribution < 1.29 is 86.1 Å². The quantitative estimate of drug-likeness (QED) is 0.0307. The van der Waals surface area contributed by atoms with Crippen LogP contribution in [0.15, 0.2) is 102 Å². The Bertz CT molecular complexity index is 3700. The minimum absolute atomic E-state index is 0.0136. The maximum Gasteiger partial charge on any atom is 0.418 e. The van der Waals surface area contributed by atoms with Gasteiger partial charge in [-0.2, -0.15) is 52.7 Å². The number of rotatable bonds is 16. The number of amides is 4. The zero-order valence-electron chi connectivity index (χ0n) is 43.0. The number of carbonyl (C=O) groups excluding carboxylic acids is 3. The minimum atomic E-state index is -5.13. The van der Waals surface area contributed by atoms with Crippen LogP contribution < -0.4 is 21.6 Å². The van der Waals surface area contributed by atoms with E-state index in [2.05, 4.69) is 41.2 Å². The second-order valence-corrected chi connectivity index (χ2v) is 19.8. The third-order valence-corrected chi connectivity index (χ3v) is 13.1. The molecule has 36 heteroatoms. The van der Waals surface area contributed by atoms with E-state index < -0.39 is 151 Å². The van der Waals surface area contributed by atoms with Gasteiger partial charge in [0.2, 0.25) is 0 Å². The van der Waals surface area contributed by atoms with E-state index in [1.165, 1.54) is 48.5 Å². The Kier molecular flexibility index (Phi) is 18.3. The molecule has 2 aliphatic carbocycles. The predicted octanol–water partition coefficient (Wildman–Crippen LogP) is 8.02. The Balaban J connectivity index is 0.000000223. The number of carbonyl (C=O) groups is 3. The van der Waals surface area contributed by atoms with Crippen LogP contribution in [0, 0.1) is 5.41 Å². The number of benzene rings is 4. The number of para-hydroxylation sites is 2. The SMILES string of the molecule is N=C(c1ccc(Cl)cc1)N(C[C@H](O)C(F)(F)F)C(=O)NCc1ncn(-c2c(C(=O)N[C@H]3C[C@H]3F)cccc2C(F)(F)F)n1.O=C(N[C@@H]1C[C@@H]1F)c1cccc(C(F)(F)F)c1-n1cnc(Cn2nc(-c3ccc(Cl)cc3)n(C[C@H](O)C(F)(F)F)c2=O)n1. The summed E-state index contributed by atoms with van der Waals surface area (Å²) in [5.74, 6) is -3.57. The van der Waals surface area contributed by atoms with Crippen LogP contribution in [-0.4, -0.2) is 138 Å². The molecule has 4 amide bonds. The van der Waals surface area contributed by atoms with Crippen molar-refractivity contribution in [3.05, 3.63) is 158 Å². The fourth-order valence-corrected chi connectivity index (χ4v) is 8.24. The van der Waals surface area contributed by atoms with E-state index in [1.807, 2.05) is 0 Å². The van der Waals surface area contributed by atoms with Crippen LogP contribution in [-0.2, 0) is 32.0 Å². The smallest absolute Gasteiger partial charge is 0.382 e. The first kappa shape index (κ1) is 63.5. The van der Waals surface area contributed by atoms with E-state index in [4.69, 9.17) is 28.6 Å². The summed E-state index contributed by atoms with van der Waals surface area (Å²) in [6.07, 6.45) is -26.9. The third kappa shape index (κ3) is 15.1. The minimum Gasteiger partial charge on any atom is -0.382 e. The Morgan fingerprint density at radius 1 is 0.663 bits per heavy atom. The highest BCUT2D eigenvalue weighted by Crippen LogP contribution is 2.38. The van der Waals surface area contributed by atoms with E-state index >= 15 is 0 Å². The molecule has 0 bridgehead atoms. The van der Waals surface area contributed by atoms with Crippen molar-refractivity contribution in [1.29, 1.82) is 5.41 Å². The molecule has 9 rings (SSSR count). The highest BCUT2D eigenvalue weighted by molar-refractivity contribution is 6.31. The van der Waals surface area contributed by atoms with Crippen molar-refractivity contribution in [3.63, 3.8) is 0 Å². The third-order valence-electron chi connectivity index (χ3n) is 12.6. The maximum atomic E-state index is 13.9. The molecule has 0 saturated heterocycles. The van der Waals surface area contributed by atoms with Crippen LogP contribution in [0.3, 0.4) is 0 Å². The average molecular weight is 1270 g/mol. The molecule has 2 fully saturated rings. The Morgan fingerprint density at radius 2 is 1.12 bits per heavy atom. The molecule has 4 aromatic carbocycles. The lowest BCUT2D eigenvalue weighted by Gasteiger charge is -2.27. The highest BCUT2D eigenvalue weighted by Gasteiger charge is 2.44. The fourth-order valence-electron chi connectivity index (χ4n) is 7.98. The van der Waals surface area contributed by atoms with Gasteiger partial charge in [-0.05, 0) is 72.8 Å². The fraction of sp³-hybridized carbons (Fsp3) is 0.320. The average Bonchev–Trinajstić information content (AvgIpc) is 1.80. The number of nitrogens with zero attached hydrogens (tertiary/aromatic N) is 10. The lowest BCUT2D eigenvalue weighted by Crippen LogP contribution is -2.50. The second-order valence-electron chi connectivity index (χ2n) is 18.9. The molecule has 7 aromatic rings. The van der Waals surface area contributed by atoms with Crippen LogP contribution in [0.5, 0.6) is 0 Å². The molecule has 0 aliphatic heterocycles. The van der Waals surface area contributed by atoms with E-state index in [-0.39, 0.29) is 51.5 Å². The number of nitrogens with one attached hydrogen (secondary N) is 4. The molecule has 20 nitrogen and oxygen atoms in total.